The van der Waals surface area contributed by atoms with Gasteiger partial charge >= 0.3 is 0 Å². The van der Waals surface area contributed by atoms with Crippen LogP contribution in [-0.4, -0.2) is 46.5 Å². The Kier molecular flexibility index (Phi) is 9.38. The topological polar surface area (TPSA) is 96.7 Å². The molecular formula is C31H36N4O3. The first-order valence-electron chi connectivity index (χ1n) is 13.3. The van der Waals surface area contributed by atoms with Gasteiger partial charge in [-0.15, -0.1) is 0 Å². The van der Waals surface area contributed by atoms with Crippen LogP contribution in [-0.2, 0) is 17.6 Å². The van der Waals surface area contributed by atoms with Crippen molar-refractivity contribution < 1.29 is 14.6 Å². The Morgan fingerprint density at radius 2 is 1.95 bits per heavy atom. The zero-order chi connectivity index (χ0) is 26.9. The van der Waals surface area contributed by atoms with Crippen LogP contribution in [0, 0.1) is 5.92 Å². The Labute approximate surface area is 224 Å². The van der Waals surface area contributed by atoms with Gasteiger partial charge in [-0.25, -0.2) is 9.98 Å². The number of hydrogen-bond acceptors (Lipinski definition) is 6. The molecule has 0 saturated heterocycles. The fraction of sp³-hybridized carbons (Fsp3) is 0.355. The smallest absolute Gasteiger partial charge is 0.269 e. The Hall–Kier alpha value is -3.84. The van der Waals surface area contributed by atoms with Crippen molar-refractivity contribution in [1.82, 2.24) is 15.3 Å². The van der Waals surface area contributed by atoms with Crippen LogP contribution in [0.5, 0.6) is 5.88 Å². The standard InChI is InChI=1S/C31H36N4O3/c1-4-9-29(36)23(5-2)20-34-30(37)28-18-22(17-24-10-6-7-12-26(24)35-28)16-21-13-14-27(33-19-21)25-11-8-15-32-31(25)38-3/h6-8,10-15,18-19,23,29,36H,4-5,9,16-17,20H2,1-3H3,(H,34,37)/t23-,29+/m1/s1. The lowest BCUT2D eigenvalue weighted by Crippen LogP contribution is -2.37. The molecule has 0 fully saturated rings. The number of aliphatic hydroxyl groups excluding tert-OH is 1. The number of aliphatic hydroxyl groups is 1. The predicted octanol–water partition coefficient (Wildman–Crippen LogP) is 5.25. The molecule has 2 aromatic heterocycles. The van der Waals surface area contributed by atoms with E-state index in [0.717, 1.165) is 52.9 Å². The molecule has 38 heavy (non-hydrogen) atoms. The summed E-state index contributed by atoms with van der Waals surface area (Å²) in [5.74, 6) is 0.331. The van der Waals surface area contributed by atoms with E-state index in [1.165, 1.54) is 0 Å². The van der Waals surface area contributed by atoms with Crippen molar-refractivity contribution in [2.45, 2.75) is 52.1 Å². The van der Waals surface area contributed by atoms with Crippen molar-refractivity contribution in [3.05, 3.63) is 83.7 Å². The average molecular weight is 513 g/mol. The molecule has 0 radical (unpaired) electrons. The van der Waals surface area contributed by atoms with E-state index in [-0.39, 0.29) is 11.8 Å². The molecule has 3 heterocycles. The number of pyridine rings is 2. The fourth-order valence-corrected chi connectivity index (χ4v) is 4.75. The molecular weight excluding hydrogens is 476 g/mol. The molecule has 1 aliphatic heterocycles. The number of nitrogens with one attached hydrogen (secondary N) is 1. The first-order chi connectivity index (χ1) is 18.5. The number of amides is 1. The van der Waals surface area contributed by atoms with E-state index >= 15 is 0 Å². The highest BCUT2D eigenvalue weighted by Gasteiger charge is 2.21. The van der Waals surface area contributed by atoms with Crippen LogP contribution in [0.3, 0.4) is 0 Å². The van der Waals surface area contributed by atoms with E-state index in [9.17, 15) is 9.90 Å². The van der Waals surface area contributed by atoms with E-state index in [2.05, 4.69) is 28.3 Å². The minimum atomic E-state index is -0.421. The second-order valence-corrected chi connectivity index (χ2v) is 9.63. The number of ether oxygens (including phenoxy) is 1. The van der Waals surface area contributed by atoms with Gasteiger partial charge < -0.3 is 15.2 Å². The molecule has 1 aromatic carbocycles. The summed E-state index contributed by atoms with van der Waals surface area (Å²) in [5.41, 5.74) is 6.01. The number of para-hydroxylation sites is 1. The highest BCUT2D eigenvalue weighted by Crippen LogP contribution is 2.28. The normalized spacial score (nSPS) is 14.4. The molecule has 0 aliphatic carbocycles. The summed E-state index contributed by atoms with van der Waals surface area (Å²) in [4.78, 5) is 26.9. The van der Waals surface area contributed by atoms with Gasteiger partial charge in [-0.3, -0.25) is 9.78 Å². The van der Waals surface area contributed by atoms with Gasteiger partial charge in [0.2, 0.25) is 5.88 Å². The number of rotatable bonds is 11. The highest BCUT2D eigenvalue weighted by atomic mass is 16.5. The monoisotopic (exact) mass is 512 g/mol. The molecule has 0 saturated carbocycles. The lowest BCUT2D eigenvalue weighted by atomic mass is 9.95. The third-order valence-electron chi connectivity index (χ3n) is 6.90. The third-order valence-corrected chi connectivity index (χ3v) is 6.90. The summed E-state index contributed by atoms with van der Waals surface area (Å²) >= 11 is 0. The van der Waals surface area contributed by atoms with E-state index in [0.29, 0.717) is 31.0 Å². The fourth-order valence-electron chi connectivity index (χ4n) is 4.75. The molecule has 7 nitrogen and oxygen atoms in total. The van der Waals surface area contributed by atoms with Crippen LogP contribution < -0.4 is 10.1 Å². The molecule has 0 bridgehead atoms. The molecule has 1 aliphatic rings. The van der Waals surface area contributed by atoms with Crippen LogP contribution in [0.2, 0.25) is 0 Å². The first-order valence-corrected chi connectivity index (χ1v) is 13.3. The first kappa shape index (κ1) is 27.2. The highest BCUT2D eigenvalue weighted by molar-refractivity contribution is 6.44. The van der Waals surface area contributed by atoms with E-state index in [1.807, 2.05) is 61.7 Å². The number of aromatic nitrogens is 2. The van der Waals surface area contributed by atoms with Gasteiger partial charge in [0.05, 0.1) is 30.2 Å². The SMILES string of the molecule is CCC[C@H](O)[C@H](CC)CNC(=O)C1=Nc2ccccc2CC(Cc2ccc(-c3cccnc3OC)nc2)=C1. The Morgan fingerprint density at radius 1 is 1.11 bits per heavy atom. The van der Waals surface area contributed by atoms with Gasteiger partial charge in [0.15, 0.2) is 0 Å². The molecule has 1 amide bonds. The molecule has 0 unspecified atom stereocenters. The zero-order valence-electron chi connectivity index (χ0n) is 22.4. The molecule has 198 valence electrons. The van der Waals surface area contributed by atoms with E-state index in [4.69, 9.17) is 9.73 Å². The summed E-state index contributed by atoms with van der Waals surface area (Å²) in [6, 6.07) is 15.7. The minimum Gasteiger partial charge on any atom is -0.481 e. The minimum absolute atomic E-state index is 0.0176. The van der Waals surface area contributed by atoms with E-state index < -0.39 is 6.10 Å². The summed E-state index contributed by atoms with van der Waals surface area (Å²) in [6.07, 6.45) is 8.81. The van der Waals surface area contributed by atoms with E-state index in [1.54, 1.807) is 13.3 Å². The molecule has 4 rings (SSSR count). The number of allylic oxidation sites excluding steroid dienone is 1. The van der Waals surface area contributed by atoms with Crippen LogP contribution in [0.25, 0.3) is 11.3 Å². The number of hydrogen-bond donors (Lipinski definition) is 2. The molecule has 0 spiro atoms. The summed E-state index contributed by atoms with van der Waals surface area (Å²) in [5, 5.41) is 13.4. The largest absolute Gasteiger partial charge is 0.481 e. The third kappa shape index (κ3) is 6.72. The zero-order valence-corrected chi connectivity index (χ0v) is 22.4. The maximum atomic E-state index is 13.2. The van der Waals surface area contributed by atoms with Gasteiger partial charge in [0.1, 0.15) is 5.71 Å². The van der Waals surface area contributed by atoms with Gasteiger partial charge in [-0.1, -0.05) is 50.1 Å². The van der Waals surface area contributed by atoms with Gasteiger partial charge in [0.25, 0.3) is 5.91 Å². The summed E-state index contributed by atoms with van der Waals surface area (Å²) in [6.45, 7) is 4.51. The summed E-state index contributed by atoms with van der Waals surface area (Å²) < 4.78 is 5.37. The van der Waals surface area contributed by atoms with Crippen molar-refractivity contribution in [1.29, 1.82) is 0 Å². The van der Waals surface area contributed by atoms with Crippen LogP contribution in [0.4, 0.5) is 5.69 Å². The Morgan fingerprint density at radius 3 is 2.68 bits per heavy atom. The quantitative estimate of drug-likeness (QED) is 0.366. The number of carbonyl (C=O) groups excluding carboxylic acids is 1. The lowest BCUT2D eigenvalue weighted by Gasteiger charge is -2.21. The number of carbonyl (C=O) groups is 1. The van der Waals surface area contributed by atoms with Crippen LogP contribution in [0.15, 0.2) is 77.6 Å². The van der Waals surface area contributed by atoms with Crippen molar-refractivity contribution in [3.8, 4) is 17.1 Å². The second kappa shape index (κ2) is 13.1. The van der Waals surface area contributed by atoms with Gasteiger partial charge in [-0.2, -0.15) is 0 Å². The summed E-state index contributed by atoms with van der Waals surface area (Å²) in [7, 11) is 1.60. The predicted molar refractivity (Wildman–Crippen MR) is 151 cm³/mol. The molecule has 7 heteroatoms. The second-order valence-electron chi connectivity index (χ2n) is 9.63. The molecule has 2 atom stereocenters. The van der Waals surface area contributed by atoms with Crippen LogP contribution in [0.1, 0.15) is 44.2 Å². The van der Waals surface area contributed by atoms with Gasteiger partial charge in [0, 0.05) is 24.9 Å². The maximum Gasteiger partial charge on any atom is 0.269 e. The number of methoxy groups -OCH3 is 1. The van der Waals surface area contributed by atoms with Crippen LogP contribution >= 0.6 is 0 Å². The van der Waals surface area contributed by atoms with Crippen molar-refractivity contribution >= 4 is 17.3 Å². The maximum absolute atomic E-state index is 13.2. The number of nitrogens with zero attached hydrogens (tertiary/aromatic N) is 3. The number of benzene rings is 1. The van der Waals surface area contributed by atoms with Crippen molar-refractivity contribution in [3.63, 3.8) is 0 Å². The average Bonchev–Trinajstić information content (AvgIpc) is 3.13. The Bertz CT molecular complexity index is 1300. The Balaban J connectivity index is 1.53. The van der Waals surface area contributed by atoms with Crippen molar-refractivity contribution in [2.75, 3.05) is 13.7 Å². The molecule has 2 N–H and O–H groups in total. The number of fused-ring (bicyclic) bond motifs is 1. The number of aliphatic imine (C=N–C) groups is 1. The lowest BCUT2D eigenvalue weighted by molar-refractivity contribution is -0.115. The van der Waals surface area contributed by atoms with Gasteiger partial charge in [-0.05, 0) is 67.2 Å². The molecule has 3 aromatic rings. The van der Waals surface area contributed by atoms with Crippen molar-refractivity contribution in [2.24, 2.45) is 10.9 Å².